The van der Waals surface area contributed by atoms with Crippen molar-refractivity contribution in [2.24, 2.45) is 5.41 Å². The highest BCUT2D eigenvalue weighted by Gasteiger charge is 2.25. The third kappa shape index (κ3) is 3.46. The van der Waals surface area contributed by atoms with Crippen molar-refractivity contribution in [3.05, 3.63) is 29.6 Å². The molecule has 0 aromatic heterocycles. The average molecular weight is 314 g/mol. The van der Waals surface area contributed by atoms with E-state index in [1.165, 1.54) is 12.1 Å². The molecule has 0 N–H and O–H groups in total. The molecule has 1 rings (SSSR count). The van der Waals surface area contributed by atoms with Gasteiger partial charge in [0, 0.05) is 16.8 Å². The molecule has 0 radical (unpaired) electrons. The van der Waals surface area contributed by atoms with E-state index in [1.807, 2.05) is 0 Å². The monoisotopic (exact) mass is 313 g/mol. The lowest BCUT2D eigenvalue weighted by Crippen LogP contribution is -2.29. The molecule has 0 aliphatic heterocycles. The Kier molecular flexibility index (Phi) is 5.61. The van der Waals surface area contributed by atoms with Crippen molar-refractivity contribution < 1.29 is 9.13 Å². The minimum Gasteiger partial charge on any atom is -0.493 e. The second-order valence-corrected chi connectivity index (χ2v) is 4.94. The van der Waals surface area contributed by atoms with Gasteiger partial charge in [-0.3, -0.25) is 0 Å². The van der Waals surface area contributed by atoms with E-state index in [0.717, 1.165) is 18.2 Å². The Morgan fingerprint density at radius 1 is 1.39 bits per heavy atom. The Balaban J connectivity index is 2.75. The van der Waals surface area contributed by atoms with Gasteiger partial charge in [-0.05, 0) is 25.0 Å². The molecule has 0 aliphatic rings. The van der Waals surface area contributed by atoms with E-state index in [-0.39, 0.29) is 11.0 Å². The molecule has 0 saturated carbocycles. The van der Waals surface area contributed by atoms with Gasteiger partial charge in [0.1, 0.15) is 17.6 Å². The van der Waals surface area contributed by atoms with E-state index in [9.17, 15) is 4.39 Å². The van der Waals surface area contributed by atoms with Crippen molar-refractivity contribution in [3.8, 4) is 11.8 Å². The van der Waals surface area contributed by atoms with Gasteiger partial charge in [-0.25, -0.2) is 4.39 Å². The summed E-state index contributed by atoms with van der Waals surface area (Å²) >= 11 is 3.51. The Bertz CT molecular complexity index is 430. The molecule has 0 aliphatic carbocycles. The maximum absolute atomic E-state index is 13.4. The van der Waals surface area contributed by atoms with Crippen LogP contribution in [0.25, 0.3) is 0 Å². The van der Waals surface area contributed by atoms with Gasteiger partial charge in [0.15, 0.2) is 0 Å². The van der Waals surface area contributed by atoms with E-state index >= 15 is 0 Å². The molecular weight excluding hydrogens is 297 g/mol. The van der Waals surface area contributed by atoms with E-state index < -0.39 is 5.82 Å². The van der Waals surface area contributed by atoms with Crippen LogP contribution in [-0.4, -0.2) is 11.9 Å². The molecule has 18 heavy (non-hydrogen) atoms. The van der Waals surface area contributed by atoms with Gasteiger partial charge >= 0.3 is 0 Å². The summed E-state index contributed by atoms with van der Waals surface area (Å²) in [5, 5.41) is 9.50. The fraction of sp³-hybridized carbons (Fsp3) is 0.500. The average Bonchev–Trinajstić information content (AvgIpc) is 2.41. The molecular formula is C14H17BrFNO. The first-order valence-corrected chi connectivity index (χ1v) is 7.11. The van der Waals surface area contributed by atoms with Crippen LogP contribution < -0.4 is 4.74 Å². The molecule has 0 heterocycles. The number of nitrogens with zero attached hydrogens (tertiary/aromatic N) is 1. The van der Waals surface area contributed by atoms with E-state index in [2.05, 4.69) is 29.8 Å². The zero-order valence-electron chi connectivity index (χ0n) is 10.7. The number of nitriles is 1. The lowest BCUT2D eigenvalue weighted by molar-refractivity contribution is 0.157. The van der Waals surface area contributed by atoms with Crippen molar-refractivity contribution in [1.82, 2.24) is 0 Å². The number of alkyl halides is 1. The predicted octanol–water partition coefficient (Wildman–Crippen LogP) is 4.28. The number of ether oxygens (including phenoxy) is 1. The maximum Gasteiger partial charge on any atom is 0.144 e. The molecule has 1 aromatic carbocycles. The van der Waals surface area contributed by atoms with Crippen LogP contribution in [-0.2, 0) is 0 Å². The summed E-state index contributed by atoms with van der Waals surface area (Å²) in [6, 6.07) is 6.13. The summed E-state index contributed by atoms with van der Waals surface area (Å²) in [5.41, 5.74) is 0.116. The maximum atomic E-state index is 13.4. The van der Waals surface area contributed by atoms with Gasteiger partial charge in [0.05, 0.1) is 12.2 Å². The second-order valence-electron chi connectivity index (χ2n) is 4.38. The molecule has 98 valence electrons. The number of halogens is 2. The molecule has 4 heteroatoms. The van der Waals surface area contributed by atoms with Crippen LogP contribution in [0.4, 0.5) is 4.39 Å². The number of hydrogen-bond donors (Lipinski definition) is 0. The molecule has 0 atom stereocenters. The van der Waals surface area contributed by atoms with Gasteiger partial charge in [0.2, 0.25) is 0 Å². The van der Waals surface area contributed by atoms with Gasteiger partial charge < -0.3 is 4.74 Å². The van der Waals surface area contributed by atoms with E-state index in [0.29, 0.717) is 12.4 Å². The summed E-state index contributed by atoms with van der Waals surface area (Å²) in [6.07, 6.45) is 1.99. The summed E-state index contributed by atoms with van der Waals surface area (Å²) < 4.78 is 19.0. The molecule has 1 aromatic rings. The van der Waals surface area contributed by atoms with Crippen molar-refractivity contribution in [1.29, 1.82) is 5.26 Å². The number of benzene rings is 1. The van der Waals surface area contributed by atoms with Crippen molar-refractivity contribution in [3.63, 3.8) is 0 Å². The quantitative estimate of drug-likeness (QED) is 0.734. The van der Waals surface area contributed by atoms with Crippen LogP contribution >= 0.6 is 15.9 Å². The zero-order valence-corrected chi connectivity index (χ0v) is 12.3. The first-order valence-electron chi connectivity index (χ1n) is 5.99. The molecule has 0 bridgehead atoms. The molecule has 0 saturated heterocycles. The SMILES string of the molecule is CCC(CC)(CBr)COc1ccc(C#N)c(F)c1. The molecule has 0 unspecified atom stereocenters. The van der Waals surface area contributed by atoms with Crippen LogP contribution in [0.5, 0.6) is 5.75 Å². The van der Waals surface area contributed by atoms with Crippen LogP contribution in [0.2, 0.25) is 0 Å². The highest BCUT2D eigenvalue weighted by Crippen LogP contribution is 2.30. The Hall–Kier alpha value is -1.08. The molecule has 0 fully saturated rings. The van der Waals surface area contributed by atoms with E-state index in [4.69, 9.17) is 10.00 Å². The van der Waals surface area contributed by atoms with E-state index in [1.54, 1.807) is 12.1 Å². The Morgan fingerprint density at radius 3 is 2.50 bits per heavy atom. The van der Waals surface area contributed by atoms with Gasteiger partial charge in [-0.2, -0.15) is 5.26 Å². The Morgan fingerprint density at radius 2 is 2.06 bits per heavy atom. The summed E-state index contributed by atoms with van der Waals surface area (Å²) in [7, 11) is 0. The molecule has 0 amide bonds. The lowest BCUT2D eigenvalue weighted by Gasteiger charge is -2.29. The number of hydrogen-bond acceptors (Lipinski definition) is 2. The third-order valence-corrected chi connectivity index (χ3v) is 4.58. The molecule has 2 nitrogen and oxygen atoms in total. The van der Waals surface area contributed by atoms with Crippen LogP contribution in [0.1, 0.15) is 32.3 Å². The standard InChI is InChI=1S/C14H17BrFNO/c1-3-14(4-2,9-15)10-18-12-6-5-11(8-17)13(16)7-12/h5-7H,3-4,9-10H2,1-2H3. The minimum atomic E-state index is -0.535. The minimum absolute atomic E-state index is 0.0417. The van der Waals surface area contributed by atoms with Gasteiger partial charge in [-0.15, -0.1) is 0 Å². The highest BCUT2D eigenvalue weighted by atomic mass is 79.9. The predicted molar refractivity (Wildman–Crippen MR) is 73.4 cm³/mol. The van der Waals surface area contributed by atoms with Crippen LogP contribution in [0.3, 0.4) is 0 Å². The largest absolute Gasteiger partial charge is 0.493 e. The van der Waals surface area contributed by atoms with Crippen LogP contribution in [0.15, 0.2) is 18.2 Å². The third-order valence-electron chi connectivity index (χ3n) is 3.39. The second kappa shape index (κ2) is 6.75. The zero-order chi connectivity index (χ0) is 13.6. The summed E-state index contributed by atoms with van der Waals surface area (Å²) in [5.74, 6) is -0.0637. The summed E-state index contributed by atoms with van der Waals surface area (Å²) in [4.78, 5) is 0. The van der Waals surface area contributed by atoms with Crippen molar-refractivity contribution in [2.45, 2.75) is 26.7 Å². The highest BCUT2D eigenvalue weighted by molar-refractivity contribution is 9.09. The smallest absolute Gasteiger partial charge is 0.144 e. The van der Waals surface area contributed by atoms with Gasteiger partial charge in [0.25, 0.3) is 0 Å². The normalized spacial score (nSPS) is 11.1. The first kappa shape index (κ1) is 15.0. The lowest BCUT2D eigenvalue weighted by atomic mass is 9.86. The van der Waals surface area contributed by atoms with Crippen LogP contribution in [0, 0.1) is 22.6 Å². The molecule has 0 spiro atoms. The van der Waals surface area contributed by atoms with Crippen molar-refractivity contribution in [2.75, 3.05) is 11.9 Å². The topological polar surface area (TPSA) is 33.0 Å². The summed E-state index contributed by atoms with van der Waals surface area (Å²) in [6.45, 7) is 4.78. The fourth-order valence-corrected chi connectivity index (χ4v) is 2.55. The van der Waals surface area contributed by atoms with Gasteiger partial charge in [-0.1, -0.05) is 29.8 Å². The number of rotatable bonds is 6. The Labute approximate surface area is 116 Å². The van der Waals surface area contributed by atoms with Crippen molar-refractivity contribution >= 4 is 15.9 Å². The fourth-order valence-electron chi connectivity index (χ4n) is 1.59. The first-order chi connectivity index (χ1) is 8.60.